The highest BCUT2D eigenvalue weighted by molar-refractivity contribution is 5.95. The normalized spacial score (nSPS) is 11.9. The second kappa shape index (κ2) is 6.87. The highest BCUT2D eigenvalue weighted by Gasteiger charge is 2.12. The maximum Gasteiger partial charge on any atom is 0.303 e. The van der Waals surface area contributed by atoms with E-state index in [-0.39, 0.29) is 24.2 Å². The molecule has 0 aromatic heterocycles. The van der Waals surface area contributed by atoms with Crippen molar-refractivity contribution in [3.63, 3.8) is 0 Å². The molecule has 1 aromatic rings. The number of halogens is 1. The zero-order valence-corrected chi connectivity index (χ0v) is 11.1. The lowest BCUT2D eigenvalue weighted by Crippen LogP contribution is -2.33. The summed E-state index contributed by atoms with van der Waals surface area (Å²) in [6, 6.07) is 3.89. The number of rotatable bonds is 6. The Morgan fingerprint density at radius 3 is 2.68 bits per heavy atom. The topological polar surface area (TPSA) is 66.4 Å². The predicted molar refractivity (Wildman–Crippen MR) is 69.6 cm³/mol. The molecule has 104 valence electrons. The van der Waals surface area contributed by atoms with Gasteiger partial charge < -0.3 is 10.4 Å². The molecule has 1 amide bonds. The van der Waals surface area contributed by atoms with E-state index >= 15 is 0 Å². The molecule has 4 nitrogen and oxygen atoms in total. The largest absolute Gasteiger partial charge is 0.481 e. The first kappa shape index (κ1) is 15.1. The van der Waals surface area contributed by atoms with Crippen molar-refractivity contribution in [1.29, 1.82) is 0 Å². The molecule has 0 saturated carbocycles. The number of benzene rings is 1. The standard InChI is InChI=1S/C14H18FNO3/c1-9-8-11(15)6-7-12(9)14(19)16-10(2)4-3-5-13(17)18/h6-8,10H,3-5H2,1-2H3,(H,16,19)(H,17,18). The summed E-state index contributed by atoms with van der Waals surface area (Å²) in [5.41, 5.74) is 1.02. The van der Waals surface area contributed by atoms with Crippen LogP contribution in [0.5, 0.6) is 0 Å². The summed E-state index contributed by atoms with van der Waals surface area (Å²) >= 11 is 0. The molecule has 0 bridgehead atoms. The smallest absolute Gasteiger partial charge is 0.303 e. The monoisotopic (exact) mass is 267 g/mol. The molecule has 5 heteroatoms. The first-order valence-electron chi connectivity index (χ1n) is 6.19. The van der Waals surface area contributed by atoms with Crippen molar-refractivity contribution in [2.24, 2.45) is 0 Å². The first-order valence-corrected chi connectivity index (χ1v) is 6.19. The van der Waals surface area contributed by atoms with Crippen LogP contribution in [0.25, 0.3) is 0 Å². The molecule has 0 radical (unpaired) electrons. The average Bonchev–Trinajstić information content (AvgIpc) is 2.27. The quantitative estimate of drug-likeness (QED) is 0.832. The summed E-state index contributed by atoms with van der Waals surface area (Å²) in [6.07, 6.45) is 1.20. The fourth-order valence-corrected chi connectivity index (χ4v) is 1.82. The van der Waals surface area contributed by atoms with Gasteiger partial charge in [-0.05, 0) is 50.5 Å². The Labute approximate surface area is 111 Å². The number of carbonyl (C=O) groups is 2. The molecule has 0 aliphatic rings. The van der Waals surface area contributed by atoms with Crippen LogP contribution in [-0.4, -0.2) is 23.0 Å². The molecule has 0 heterocycles. The van der Waals surface area contributed by atoms with Gasteiger partial charge in [0.15, 0.2) is 0 Å². The molecule has 0 fully saturated rings. The van der Waals surface area contributed by atoms with Crippen LogP contribution in [0.15, 0.2) is 18.2 Å². The molecule has 19 heavy (non-hydrogen) atoms. The van der Waals surface area contributed by atoms with E-state index in [0.717, 1.165) is 0 Å². The van der Waals surface area contributed by atoms with Crippen molar-refractivity contribution < 1.29 is 19.1 Å². The summed E-state index contributed by atoms with van der Waals surface area (Å²) in [7, 11) is 0. The zero-order valence-electron chi connectivity index (χ0n) is 11.1. The van der Waals surface area contributed by atoms with Crippen molar-refractivity contribution in [3.05, 3.63) is 35.1 Å². The van der Waals surface area contributed by atoms with Crippen LogP contribution in [0.2, 0.25) is 0 Å². The van der Waals surface area contributed by atoms with Gasteiger partial charge in [0.2, 0.25) is 0 Å². The minimum absolute atomic E-state index is 0.0930. The highest BCUT2D eigenvalue weighted by atomic mass is 19.1. The van der Waals surface area contributed by atoms with Crippen molar-refractivity contribution in [2.75, 3.05) is 0 Å². The lowest BCUT2D eigenvalue weighted by Gasteiger charge is -2.14. The number of amides is 1. The summed E-state index contributed by atoms with van der Waals surface area (Å²) in [4.78, 5) is 22.3. The summed E-state index contributed by atoms with van der Waals surface area (Å²) in [5.74, 6) is -1.48. The molecule has 0 spiro atoms. The predicted octanol–water partition coefficient (Wildman–Crippen LogP) is 2.51. The van der Waals surface area contributed by atoms with E-state index in [1.165, 1.54) is 18.2 Å². The summed E-state index contributed by atoms with van der Waals surface area (Å²) < 4.78 is 12.9. The van der Waals surface area contributed by atoms with Crippen molar-refractivity contribution in [2.45, 2.75) is 39.2 Å². The molecular weight excluding hydrogens is 249 g/mol. The third-order valence-corrected chi connectivity index (χ3v) is 2.84. The number of carbonyl (C=O) groups excluding carboxylic acids is 1. The second-order valence-corrected chi connectivity index (χ2v) is 4.62. The average molecular weight is 267 g/mol. The first-order chi connectivity index (χ1) is 8.90. The van der Waals surface area contributed by atoms with Gasteiger partial charge in [-0.15, -0.1) is 0 Å². The van der Waals surface area contributed by atoms with Crippen LogP contribution < -0.4 is 5.32 Å². The van der Waals surface area contributed by atoms with Gasteiger partial charge in [-0.25, -0.2) is 4.39 Å². The van der Waals surface area contributed by atoms with E-state index in [2.05, 4.69) is 5.32 Å². The molecule has 0 saturated heterocycles. The number of aryl methyl sites for hydroxylation is 1. The zero-order chi connectivity index (χ0) is 14.4. The van der Waals surface area contributed by atoms with Crippen LogP contribution in [0.3, 0.4) is 0 Å². The van der Waals surface area contributed by atoms with E-state index in [9.17, 15) is 14.0 Å². The third kappa shape index (κ3) is 5.07. The van der Waals surface area contributed by atoms with Crippen LogP contribution in [0.4, 0.5) is 4.39 Å². The molecule has 1 rings (SSSR count). The Bertz CT molecular complexity index is 474. The summed E-state index contributed by atoms with van der Waals surface area (Å²) in [5, 5.41) is 11.3. The molecule has 1 atom stereocenters. The van der Waals surface area contributed by atoms with E-state index in [0.29, 0.717) is 24.0 Å². The van der Waals surface area contributed by atoms with Gasteiger partial charge in [0.05, 0.1) is 0 Å². The minimum atomic E-state index is -0.840. The fourth-order valence-electron chi connectivity index (χ4n) is 1.82. The second-order valence-electron chi connectivity index (χ2n) is 4.62. The maximum absolute atomic E-state index is 12.9. The number of carboxylic acid groups (broad SMARTS) is 1. The van der Waals surface area contributed by atoms with E-state index < -0.39 is 5.97 Å². The lowest BCUT2D eigenvalue weighted by atomic mass is 10.1. The van der Waals surface area contributed by atoms with E-state index in [1.54, 1.807) is 6.92 Å². The number of nitrogens with one attached hydrogen (secondary N) is 1. The van der Waals surface area contributed by atoms with Gasteiger partial charge in [-0.3, -0.25) is 9.59 Å². The number of hydrogen-bond donors (Lipinski definition) is 2. The van der Waals surface area contributed by atoms with Crippen LogP contribution >= 0.6 is 0 Å². The van der Waals surface area contributed by atoms with E-state index in [1.807, 2.05) is 6.92 Å². The fraction of sp³-hybridized carbons (Fsp3) is 0.429. The van der Waals surface area contributed by atoms with Crippen LogP contribution in [0, 0.1) is 12.7 Å². The maximum atomic E-state index is 12.9. The van der Waals surface area contributed by atoms with Gasteiger partial charge in [-0.1, -0.05) is 0 Å². The molecule has 0 aliphatic heterocycles. The molecule has 1 aromatic carbocycles. The lowest BCUT2D eigenvalue weighted by molar-refractivity contribution is -0.137. The minimum Gasteiger partial charge on any atom is -0.481 e. The molecule has 2 N–H and O–H groups in total. The SMILES string of the molecule is Cc1cc(F)ccc1C(=O)NC(C)CCCC(=O)O. The highest BCUT2D eigenvalue weighted by Crippen LogP contribution is 2.11. The Kier molecular flexibility index (Phi) is 5.48. The van der Waals surface area contributed by atoms with Crippen molar-refractivity contribution in [1.82, 2.24) is 5.32 Å². The third-order valence-electron chi connectivity index (χ3n) is 2.84. The Morgan fingerprint density at radius 1 is 1.42 bits per heavy atom. The van der Waals surface area contributed by atoms with E-state index in [4.69, 9.17) is 5.11 Å². The number of aliphatic carboxylic acids is 1. The van der Waals surface area contributed by atoms with Crippen molar-refractivity contribution in [3.8, 4) is 0 Å². The number of hydrogen-bond acceptors (Lipinski definition) is 2. The summed E-state index contributed by atoms with van der Waals surface area (Å²) in [6.45, 7) is 3.49. The Balaban J connectivity index is 2.52. The van der Waals surface area contributed by atoms with Gasteiger partial charge in [0.1, 0.15) is 5.82 Å². The molecular formula is C14H18FNO3. The van der Waals surface area contributed by atoms with Gasteiger partial charge in [0.25, 0.3) is 5.91 Å². The molecule has 1 unspecified atom stereocenters. The molecule has 0 aliphatic carbocycles. The Morgan fingerprint density at radius 2 is 2.11 bits per heavy atom. The van der Waals surface area contributed by atoms with Gasteiger partial charge in [-0.2, -0.15) is 0 Å². The number of carboxylic acids is 1. The van der Waals surface area contributed by atoms with Gasteiger partial charge >= 0.3 is 5.97 Å². The van der Waals surface area contributed by atoms with Crippen molar-refractivity contribution >= 4 is 11.9 Å². The van der Waals surface area contributed by atoms with Gasteiger partial charge in [0, 0.05) is 18.0 Å². The van der Waals surface area contributed by atoms with Crippen LogP contribution in [-0.2, 0) is 4.79 Å². The van der Waals surface area contributed by atoms with Crippen LogP contribution in [0.1, 0.15) is 42.1 Å². The Hall–Kier alpha value is -1.91.